The summed E-state index contributed by atoms with van der Waals surface area (Å²) in [5, 5.41) is 4.48. The molecule has 0 atom stereocenters. The fraction of sp³-hybridized carbons (Fsp3) is 0.286. The smallest absolute Gasteiger partial charge is 0.179 e. The van der Waals surface area contributed by atoms with E-state index in [-0.39, 0.29) is 5.82 Å². The van der Waals surface area contributed by atoms with E-state index in [1.54, 1.807) is 12.1 Å². The predicted molar refractivity (Wildman–Crippen MR) is 78.8 cm³/mol. The van der Waals surface area contributed by atoms with Crippen LogP contribution in [0, 0.1) is 10.6 Å². The summed E-state index contributed by atoms with van der Waals surface area (Å²) in [7, 11) is 1.91. The molecule has 3 aromatic rings. The SMILES string of the molecule is CCc1nn(C)c2c1[nH]c(=S)n2Cc1ccc(F)cc1. The van der Waals surface area contributed by atoms with Crippen LogP contribution in [0.2, 0.25) is 0 Å². The van der Waals surface area contributed by atoms with Crippen molar-refractivity contribution in [1.82, 2.24) is 19.3 Å². The van der Waals surface area contributed by atoms with Crippen LogP contribution in [0.1, 0.15) is 18.2 Å². The minimum Gasteiger partial charge on any atom is -0.328 e. The van der Waals surface area contributed by atoms with Crippen LogP contribution < -0.4 is 0 Å². The topological polar surface area (TPSA) is 38.5 Å². The molecule has 104 valence electrons. The molecule has 3 rings (SSSR count). The van der Waals surface area contributed by atoms with Crippen molar-refractivity contribution in [3.63, 3.8) is 0 Å². The standard InChI is InChI=1S/C14H15FN4S/c1-3-11-12-13(18(2)17-11)19(14(20)16-12)8-9-4-6-10(15)7-5-9/h4-7H,3,8H2,1-2H3,(H,16,20). The van der Waals surface area contributed by atoms with Crippen LogP contribution in [0.25, 0.3) is 11.2 Å². The third-order valence-corrected chi connectivity index (χ3v) is 3.73. The maximum absolute atomic E-state index is 13.0. The van der Waals surface area contributed by atoms with Crippen LogP contribution >= 0.6 is 12.2 Å². The molecule has 0 aliphatic rings. The number of rotatable bonds is 3. The molecule has 0 saturated heterocycles. The number of H-pyrrole nitrogens is 1. The predicted octanol–water partition coefficient (Wildman–Crippen LogP) is 3.18. The molecule has 0 spiro atoms. The minimum atomic E-state index is -0.231. The maximum atomic E-state index is 13.0. The normalized spacial score (nSPS) is 11.3. The van der Waals surface area contributed by atoms with Crippen molar-refractivity contribution in [2.24, 2.45) is 7.05 Å². The monoisotopic (exact) mass is 290 g/mol. The molecule has 0 amide bonds. The molecule has 6 heteroatoms. The van der Waals surface area contributed by atoms with Crippen LogP contribution in [-0.4, -0.2) is 19.3 Å². The highest BCUT2D eigenvalue weighted by molar-refractivity contribution is 7.71. The second kappa shape index (κ2) is 4.86. The number of fused-ring (bicyclic) bond motifs is 1. The van der Waals surface area contributed by atoms with Gasteiger partial charge in [0, 0.05) is 7.05 Å². The Morgan fingerprint density at radius 2 is 2.00 bits per heavy atom. The molecule has 1 aromatic carbocycles. The van der Waals surface area contributed by atoms with Crippen molar-refractivity contribution >= 4 is 23.4 Å². The van der Waals surface area contributed by atoms with E-state index in [0.29, 0.717) is 11.3 Å². The first-order valence-corrected chi connectivity index (χ1v) is 6.89. The first kappa shape index (κ1) is 13.1. The van der Waals surface area contributed by atoms with Crippen molar-refractivity contribution in [1.29, 1.82) is 0 Å². The number of aromatic amines is 1. The number of nitrogens with zero attached hydrogens (tertiary/aromatic N) is 3. The van der Waals surface area contributed by atoms with Gasteiger partial charge in [0.1, 0.15) is 11.3 Å². The molecule has 0 fully saturated rings. The van der Waals surface area contributed by atoms with E-state index in [1.165, 1.54) is 12.1 Å². The second-order valence-electron chi connectivity index (χ2n) is 4.77. The molecule has 0 aliphatic carbocycles. The summed E-state index contributed by atoms with van der Waals surface area (Å²) < 4.78 is 17.5. The third kappa shape index (κ3) is 2.06. The summed E-state index contributed by atoms with van der Waals surface area (Å²) >= 11 is 5.39. The van der Waals surface area contributed by atoms with Crippen LogP contribution in [0.15, 0.2) is 24.3 Å². The van der Waals surface area contributed by atoms with E-state index in [1.807, 2.05) is 16.3 Å². The van der Waals surface area contributed by atoms with Gasteiger partial charge in [-0.05, 0) is 36.3 Å². The highest BCUT2D eigenvalue weighted by Crippen LogP contribution is 2.19. The van der Waals surface area contributed by atoms with Crippen molar-refractivity contribution in [2.75, 3.05) is 0 Å². The molecule has 0 radical (unpaired) electrons. The summed E-state index contributed by atoms with van der Waals surface area (Å²) in [4.78, 5) is 3.22. The van der Waals surface area contributed by atoms with E-state index in [2.05, 4.69) is 17.0 Å². The lowest BCUT2D eigenvalue weighted by molar-refractivity contribution is 0.626. The average Bonchev–Trinajstić information content (AvgIpc) is 2.91. The van der Waals surface area contributed by atoms with Crippen molar-refractivity contribution in [2.45, 2.75) is 19.9 Å². The Hall–Kier alpha value is -1.95. The van der Waals surface area contributed by atoms with Gasteiger partial charge in [-0.2, -0.15) is 5.10 Å². The van der Waals surface area contributed by atoms with Gasteiger partial charge in [0.25, 0.3) is 0 Å². The maximum Gasteiger partial charge on any atom is 0.179 e. The molecule has 4 nitrogen and oxygen atoms in total. The van der Waals surface area contributed by atoms with E-state index >= 15 is 0 Å². The zero-order valence-corrected chi connectivity index (χ0v) is 12.2. The fourth-order valence-electron chi connectivity index (χ4n) is 2.44. The molecule has 0 bridgehead atoms. The number of benzene rings is 1. The molecule has 0 unspecified atom stereocenters. The van der Waals surface area contributed by atoms with Gasteiger partial charge >= 0.3 is 0 Å². The van der Waals surface area contributed by atoms with Crippen LogP contribution in [-0.2, 0) is 20.0 Å². The second-order valence-corrected chi connectivity index (χ2v) is 5.15. The minimum absolute atomic E-state index is 0.231. The van der Waals surface area contributed by atoms with E-state index in [9.17, 15) is 4.39 Å². The summed E-state index contributed by atoms with van der Waals surface area (Å²) in [6, 6.07) is 6.47. The number of nitrogens with one attached hydrogen (secondary N) is 1. The zero-order chi connectivity index (χ0) is 14.3. The number of imidazole rings is 1. The van der Waals surface area contributed by atoms with Gasteiger partial charge in [-0.3, -0.25) is 9.25 Å². The number of aromatic nitrogens is 4. The summed E-state index contributed by atoms with van der Waals surface area (Å²) in [6.45, 7) is 2.66. The zero-order valence-electron chi connectivity index (χ0n) is 11.4. The highest BCUT2D eigenvalue weighted by atomic mass is 32.1. The van der Waals surface area contributed by atoms with E-state index in [0.717, 1.165) is 28.8 Å². The van der Waals surface area contributed by atoms with Gasteiger partial charge in [-0.1, -0.05) is 19.1 Å². The van der Waals surface area contributed by atoms with Gasteiger partial charge in [0.05, 0.1) is 12.2 Å². The Kier molecular flexibility index (Phi) is 3.17. The lowest BCUT2D eigenvalue weighted by atomic mass is 10.2. The molecule has 0 aliphatic heterocycles. The third-order valence-electron chi connectivity index (χ3n) is 3.41. The number of hydrogen-bond acceptors (Lipinski definition) is 2. The lowest BCUT2D eigenvalue weighted by Gasteiger charge is -2.05. The average molecular weight is 290 g/mol. The van der Waals surface area contributed by atoms with Gasteiger partial charge in [0.2, 0.25) is 0 Å². The van der Waals surface area contributed by atoms with E-state index < -0.39 is 0 Å². The van der Waals surface area contributed by atoms with Gasteiger partial charge < -0.3 is 4.98 Å². The van der Waals surface area contributed by atoms with Gasteiger partial charge in [0.15, 0.2) is 10.4 Å². The summed E-state index contributed by atoms with van der Waals surface area (Å²) in [5.41, 5.74) is 3.97. The molecular weight excluding hydrogens is 275 g/mol. The highest BCUT2D eigenvalue weighted by Gasteiger charge is 2.14. The lowest BCUT2D eigenvalue weighted by Crippen LogP contribution is -2.04. The molecule has 2 heterocycles. The quantitative estimate of drug-likeness (QED) is 0.752. The Bertz CT molecular complexity index is 810. The molecule has 0 saturated carbocycles. The van der Waals surface area contributed by atoms with E-state index in [4.69, 9.17) is 12.2 Å². The van der Waals surface area contributed by atoms with Crippen LogP contribution in [0.5, 0.6) is 0 Å². The Balaban J connectivity index is 2.11. The van der Waals surface area contributed by atoms with Crippen molar-refractivity contribution < 1.29 is 4.39 Å². The largest absolute Gasteiger partial charge is 0.328 e. The number of aryl methyl sites for hydroxylation is 2. The molecule has 1 N–H and O–H groups in total. The van der Waals surface area contributed by atoms with Crippen LogP contribution in [0.3, 0.4) is 0 Å². The van der Waals surface area contributed by atoms with Crippen molar-refractivity contribution in [3.8, 4) is 0 Å². The summed E-state index contributed by atoms with van der Waals surface area (Å²) in [6.07, 6.45) is 0.850. The van der Waals surface area contributed by atoms with Crippen molar-refractivity contribution in [3.05, 3.63) is 46.1 Å². The van der Waals surface area contributed by atoms with Gasteiger partial charge in [-0.15, -0.1) is 0 Å². The number of hydrogen-bond donors (Lipinski definition) is 1. The fourth-order valence-corrected chi connectivity index (χ4v) is 2.70. The molecular formula is C14H15FN4S. The molecule has 20 heavy (non-hydrogen) atoms. The first-order valence-electron chi connectivity index (χ1n) is 6.49. The first-order chi connectivity index (χ1) is 9.60. The van der Waals surface area contributed by atoms with Gasteiger partial charge in [-0.25, -0.2) is 4.39 Å². The Morgan fingerprint density at radius 3 is 2.65 bits per heavy atom. The summed E-state index contributed by atoms with van der Waals surface area (Å²) in [5.74, 6) is -0.231. The molecule has 2 aromatic heterocycles. The Labute approximate surface area is 120 Å². The van der Waals surface area contributed by atoms with Crippen LogP contribution in [0.4, 0.5) is 4.39 Å². The Morgan fingerprint density at radius 1 is 1.30 bits per heavy atom. The number of halogens is 1.